The van der Waals surface area contributed by atoms with Crippen LogP contribution in [0.5, 0.6) is 0 Å². The van der Waals surface area contributed by atoms with Gasteiger partial charge in [0.15, 0.2) is 0 Å². The lowest BCUT2D eigenvalue weighted by atomic mass is 9.93. The lowest BCUT2D eigenvalue weighted by Crippen LogP contribution is -2.13. The van der Waals surface area contributed by atoms with Crippen LogP contribution in [0.15, 0.2) is 0 Å². The Morgan fingerprint density at radius 3 is 2.50 bits per heavy atom. The first-order valence-electron chi connectivity index (χ1n) is 3.59. The largest absolute Gasteiger partial charge is 0.384 e. The number of ether oxygens (including phenoxy) is 1. The van der Waals surface area contributed by atoms with E-state index in [-0.39, 0.29) is 5.92 Å². The molecule has 2 atom stereocenters. The number of hydrogen-bond acceptors (Lipinski definition) is 4. The topological polar surface area (TPSA) is 47.9 Å². The van der Waals surface area contributed by atoms with Gasteiger partial charge in [-0.1, -0.05) is 6.32 Å². The normalized spacial score (nSPS) is 15.9. The Morgan fingerprint density at radius 1 is 1.42 bits per heavy atom. The van der Waals surface area contributed by atoms with Crippen LogP contribution in [0.1, 0.15) is 0 Å². The highest BCUT2D eigenvalue weighted by atomic mass is 31.2. The van der Waals surface area contributed by atoms with Gasteiger partial charge in [-0.05, 0) is 5.92 Å². The molecule has 2 unspecified atom stereocenters. The fraction of sp³-hybridized carbons (Fsp3) is 1.00. The van der Waals surface area contributed by atoms with Crippen LogP contribution >= 0.6 is 8.60 Å². The number of methoxy groups -OCH3 is 1. The van der Waals surface area contributed by atoms with E-state index in [4.69, 9.17) is 22.0 Å². The van der Waals surface area contributed by atoms with Gasteiger partial charge in [-0.2, -0.15) is 0 Å². The summed E-state index contributed by atoms with van der Waals surface area (Å²) in [5, 5.41) is 0. The molecule has 0 rings (SSSR count). The van der Waals surface area contributed by atoms with Crippen molar-refractivity contribution >= 4 is 16.4 Å². The Hall–Kier alpha value is 0.335. The van der Waals surface area contributed by atoms with E-state index in [2.05, 4.69) is 4.52 Å². The first kappa shape index (κ1) is 12.3. The van der Waals surface area contributed by atoms with Crippen molar-refractivity contribution in [3.05, 3.63) is 0 Å². The van der Waals surface area contributed by atoms with Gasteiger partial charge in [0.2, 0.25) is 0 Å². The van der Waals surface area contributed by atoms with Crippen molar-refractivity contribution in [3.63, 3.8) is 0 Å². The molecule has 0 spiro atoms. The van der Waals surface area contributed by atoms with Crippen LogP contribution in [0.4, 0.5) is 0 Å². The Labute approximate surface area is 75.6 Å². The maximum Gasteiger partial charge on any atom is 0.329 e. The Bertz CT molecular complexity index is 106. The van der Waals surface area contributed by atoms with Crippen molar-refractivity contribution in [3.8, 4) is 0 Å². The third-order valence-corrected chi connectivity index (χ3v) is 1.99. The van der Waals surface area contributed by atoms with Gasteiger partial charge >= 0.3 is 8.60 Å². The second kappa shape index (κ2) is 7.96. The second-order valence-corrected chi connectivity index (χ2v) is 3.37. The zero-order valence-electron chi connectivity index (χ0n) is 7.40. The Kier molecular flexibility index (Phi) is 8.18. The molecule has 6 heteroatoms. The second-order valence-electron chi connectivity index (χ2n) is 2.27. The fourth-order valence-corrected chi connectivity index (χ4v) is 1.09. The molecule has 0 aliphatic heterocycles. The monoisotopic (exact) mass is 192 g/mol. The number of rotatable bonds is 7. The molecule has 0 bridgehead atoms. The first-order valence-corrected chi connectivity index (χ1v) is 4.72. The van der Waals surface area contributed by atoms with Crippen molar-refractivity contribution in [1.29, 1.82) is 0 Å². The Morgan fingerprint density at radius 2 is 2.08 bits per heavy atom. The molecule has 0 heterocycles. The molecule has 0 saturated heterocycles. The highest BCUT2D eigenvalue weighted by Crippen LogP contribution is 2.31. The molecule has 12 heavy (non-hydrogen) atoms. The molecule has 4 nitrogen and oxygen atoms in total. The third-order valence-electron chi connectivity index (χ3n) is 1.31. The van der Waals surface area contributed by atoms with Gasteiger partial charge in [-0.25, -0.2) is 0 Å². The van der Waals surface area contributed by atoms with Crippen LogP contribution < -0.4 is 0 Å². The average molecular weight is 192 g/mol. The van der Waals surface area contributed by atoms with E-state index in [9.17, 15) is 0 Å². The summed E-state index contributed by atoms with van der Waals surface area (Å²) in [4.78, 5) is 8.91. The van der Waals surface area contributed by atoms with E-state index >= 15 is 0 Å². The van der Waals surface area contributed by atoms with Crippen molar-refractivity contribution < 1.29 is 18.7 Å². The highest BCUT2D eigenvalue weighted by Gasteiger charge is 2.10. The molecule has 1 N–H and O–H groups in total. The fourth-order valence-electron chi connectivity index (χ4n) is 0.642. The maximum atomic E-state index is 8.91. The van der Waals surface area contributed by atoms with Crippen LogP contribution in [0, 0.1) is 5.92 Å². The standard InChI is InChI=1S/C6H14BO4P/c1-9-4-6(3-7)5-11-12(8)10-2/h6,8H,3-5H2,1-2H3. The molecule has 0 aromatic rings. The van der Waals surface area contributed by atoms with Crippen molar-refractivity contribution in [2.45, 2.75) is 6.32 Å². The lowest BCUT2D eigenvalue weighted by Gasteiger charge is -2.15. The lowest BCUT2D eigenvalue weighted by molar-refractivity contribution is 0.118. The smallest absolute Gasteiger partial charge is 0.329 e. The van der Waals surface area contributed by atoms with Gasteiger partial charge in [0, 0.05) is 14.2 Å². The third kappa shape index (κ3) is 5.92. The predicted octanol–water partition coefficient (Wildman–Crippen LogP) is 0.718. The summed E-state index contributed by atoms with van der Waals surface area (Å²) in [5.41, 5.74) is 0. The molecular formula is C6H14BO4P. The van der Waals surface area contributed by atoms with E-state index in [1.165, 1.54) is 7.11 Å². The van der Waals surface area contributed by atoms with Crippen molar-refractivity contribution in [2.75, 3.05) is 27.4 Å². The first-order chi connectivity index (χ1) is 5.74. The van der Waals surface area contributed by atoms with Crippen LogP contribution in [0.25, 0.3) is 0 Å². The van der Waals surface area contributed by atoms with Crippen molar-refractivity contribution in [1.82, 2.24) is 0 Å². The minimum atomic E-state index is -1.74. The summed E-state index contributed by atoms with van der Waals surface area (Å²) >= 11 is 0. The zero-order valence-corrected chi connectivity index (χ0v) is 8.29. The van der Waals surface area contributed by atoms with Gasteiger partial charge in [0.25, 0.3) is 0 Å². The van der Waals surface area contributed by atoms with Gasteiger partial charge in [-0.3, -0.25) is 0 Å². The molecule has 0 aliphatic rings. The summed E-state index contributed by atoms with van der Waals surface area (Å²) in [7, 11) is 6.66. The van der Waals surface area contributed by atoms with Gasteiger partial charge < -0.3 is 18.7 Å². The van der Waals surface area contributed by atoms with Crippen LogP contribution in [0.2, 0.25) is 6.32 Å². The van der Waals surface area contributed by atoms with E-state index < -0.39 is 8.60 Å². The minimum absolute atomic E-state index is 0.113. The molecule has 0 aromatic carbocycles. The minimum Gasteiger partial charge on any atom is -0.384 e. The van der Waals surface area contributed by atoms with E-state index in [1.807, 2.05) is 0 Å². The Balaban J connectivity index is 3.43. The summed E-state index contributed by atoms with van der Waals surface area (Å²) < 4.78 is 14.4. The molecule has 0 fully saturated rings. The van der Waals surface area contributed by atoms with Crippen LogP contribution in [-0.2, 0) is 13.8 Å². The molecule has 0 amide bonds. The molecule has 0 aromatic heterocycles. The summed E-state index contributed by atoms with van der Waals surface area (Å²) in [6.45, 7) is 0.893. The molecule has 70 valence electrons. The van der Waals surface area contributed by atoms with E-state index in [0.29, 0.717) is 19.5 Å². The molecule has 0 saturated carbocycles. The quantitative estimate of drug-likeness (QED) is 0.476. The van der Waals surface area contributed by atoms with Crippen molar-refractivity contribution in [2.24, 2.45) is 5.92 Å². The van der Waals surface area contributed by atoms with Crippen LogP contribution in [-0.4, -0.2) is 40.2 Å². The number of hydrogen-bond donors (Lipinski definition) is 1. The van der Waals surface area contributed by atoms with Gasteiger partial charge in [-0.15, -0.1) is 0 Å². The van der Waals surface area contributed by atoms with E-state index in [1.54, 1.807) is 7.11 Å². The maximum absolute atomic E-state index is 8.91. The van der Waals surface area contributed by atoms with Gasteiger partial charge in [0.05, 0.1) is 21.1 Å². The molecule has 0 aliphatic carbocycles. The van der Waals surface area contributed by atoms with Crippen LogP contribution in [0.3, 0.4) is 0 Å². The average Bonchev–Trinajstić information content (AvgIpc) is 2.11. The summed E-state index contributed by atoms with van der Waals surface area (Å²) in [6, 6.07) is 0. The predicted molar refractivity (Wildman–Crippen MR) is 48.0 cm³/mol. The molecular weight excluding hydrogens is 178 g/mol. The van der Waals surface area contributed by atoms with E-state index in [0.717, 1.165) is 0 Å². The SMILES string of the molecule is [B]CC(COC)COP(O)OC. The summed E-state index contributed by atoms with van der Waals surface area (Å²) in [6.07, 6.45) is 0.473. The zero-order chi connectivity index (χ0) is 9.40. The highest BCUT2D eigenvalue weighted by molar-refractivity contribution is 7.40. The summed E-state index contributed by atoms with van der Waals surface area (Å²) in [5.74, 6) is 0.113. The van der Waals surface area contributed by atoms with Gasteiger partial charge in [0.1, 0.15) is 0 Å². The molecule has 2 radical (unpaired) electrons.